The molecule has 1 heterocycles. The summed E-state index contributed by atoms with van der Waals surface area (Å²) >= 11 is 0. The van der Waals surface area contributed by atoms with Gasteiger partial charge in [-0.15, -0.1) is 0 Å². The van der Waals surface area contributed by atoms with E-state index in [0.717, 1.165) is 5.56 Å². The van der Waals surface area contributed by atoms with Crippen molar-refractivity contribution in [3.8, 4) is 0 Å². The highest BCUT2D eigenvalue weighted by Gasteiger charge is 2.27. The molecule has 0 radical (unpaired) electrons. The van der Waals surface area contributed by atoms with Gasteiger partial charge in [0.1, 0.15) is 12.6 Å². The quantitative estimate of drug-likeness (QED) is 0.847. The Bertz CT molecular complexity index is 484. The van der Waals surface area contributed by atoms with Gasteiger partial charge in [0, 0.05) is 33.3 Å². The normalized spacial score (nSPS) is 16.7. The molecular formula is C15H21N3O3. The number of ether oxygens (including phenoxy) is 1. The lowest BCUT2D eigenvalue weighted by atomic mass is 10.1. The van der Waals surface area contributed by atoms with Crippen molar-refractivity contribution < 1.29 is 14.3 Å². The zero-order chi connectivity index (χ0) is 15.2. The molecule has 0 saturated carbocycles. The van der Waals surface area contributed by atoms with Crippen molar-refractivity contribution in [3.05, 3.63) is 35.9 Å². The Morgan fingerprint density at radius 2 is 1.71 bits per heavy atom. The fourth-order valence-electron chi connectivity index (χ4n) is 2.39. The number of hydrogen-bond acceptors (Lipinski definition) is 4. The second kappa shape index (κ2) is 7.19. The number of carbonyl (C=O) groups excluding carboxylic acids is 2. The molecule has 1 atom stereocenters. The standard InChI is InChI=1S/C15H21N3O3/c1-21-11-13(19)17-7-9-18(10-8-17)15(20)14(16)12-5-3-2-4-6-12/h2-6,14H,7-11,16H2,1H3. The van der Waals surface area contributed by atoms with E-state index in [0.29, 0.717) is 26.2 Å². The van der Waals surface area contributed by atoms with E-state index >= 15 is 0 Å². The lowest BCUT2D eigenvalue weighted by molar-refractivity contribution is -0.142. The Balaban J connectivity index is 1.90. The van der Waals surface area contributed by atoms with Crippen LogP contribution < -0.4 is 5.73 Å². The summed E-state index contributed by atoms with van der Waals surface area (Å²) in [6, 6.07) is 8.67. The average molecular weight is 291 g/mol. The number of amides is 2. The van der Waals surface area contributed by atoms with Crippen LogP contribution >= 0.6 is 0 Å². The van der Waals surface area contributed by atoms with Crippen molar-refractivity contribution in [2.75, 3.05) is 39.9 Å². The van der Waals surface area contributed by atoms with Gasteiger partial charge in [-0.25, -0.2) is 0 Å². The molecule has 2 N–H and O–H groups in total. The van der Waals surface area contributed by atoms with E-state index in [1.807, 2.05) is 30.3 Å². The summed E-state index contributed by atoms with van der Waals surface area (Å²) < 4.78 is 4.84. The van der Waals surface area contributed by atoms with E-state index < -0.39 is 6.04 Å². The van der Waals surface area contributed by atoms with Crippen LogP contribution in [-0.4, -0.2) is 61.5 Å². The first-order valence-electron chi connectivity index (χ1n) is 6.99. The van der Waals surface area contributed by atoms with Crippen molar-refractivity contribution in [3.63, 3.8) is 0 Å². The van der Waals surface area contributed by atoms with Gasteiger partial charge in [0.15, 0.2) is 0 Å². The van der Waals surface area contributed by atoms with Gasteiger partial charge >= 0.3 is 0 Å². The zero-order valence-corrected chi connectivity index (χ0v) is 12.2. The third-order valence-electron chi connectivity index (χ3n) is 3.64. The summed E-state index contributed by atoms with van der Waals surface area (Å²) in [5, 5.41) is 0. The maximum Gasteiger partial charge on any atom is 0.248 e. The number of piperazine rings is 1. The van der Waals surface area contributed by atoms with Gasteiger partial charge in [-0.1, -0.05) is 30.3 Å². The number of methoxy groups -OCH3 is 1. The lowest BCUT2D eigenvalue weighted by Crippen LogP contribution is -2.53. The Morgan fingerprint density at radius 3 is 2.29 bits per heavy atom. The molecule has 1 aromatic carbocycles. The van der Waals surface area contributed by atoms with Crippen LogP contribution in [0, 0.1) is 0 Å². The second-order valence-electron chi connectivity index (χ2n) is 5.03. The average Bonchev–Trinajstić information content (AvgIpc) is 2.54. The fourth-order valence-corrected chi connectivity index (χ4v) is 2.39. The highest BCUT2D eigenvalue weighted by atomic mass is 16.5. The highest BCUT2D eigenvalue weighted by Crippen LogP contribution is 2.14. The van der Waals surface area contributed by atoms with Crippen molar-refractivity contribution in [1.82, 2.24) is 9.80 Å². The minimum atomic E-state index is -0.646. The summed E-state index contributed by atoms with van der Waals surface area (Å²) in [4.78, 5) is 27.5. The molecule has 1 aromatic rings. The van der Waals surface area contributed by atoms with Crippen LogP contribution in [0.3, 0.4) is 0 Å². The van der Waals surface area contributed by atoms with Gasteiger partial charge in [0.05, 0.1) is 0 Å². The molecular weight excluding hydrogens is 270 g/mol. The van der Waals surface area contributed by atoms with Gasteiger partial charge in [-0.3, -0.25) is 9.59 Å². The molecule has 1 unspecified atom stereocenters. The van der Waals surface area contributed by atoms with Crippen LogP contribution in [0.1, 0.15) is 11.6 Å². The Morgan fingerprint density at radius 1 is 1.14 bits per heavy atom. The maximum atomic E-state index is 12.4. The van der Waals surface area contributed by atoms with E-state index in [9.17, 15) is 9.59 Å². The molecule has 114 valence electrons. The van der Waals surface area contributed by atoms with Gasteiger partial charge < -0.3 is 20.3 Å². The molecule has 1 aliphatic heterocycles. The molecule has 0 aliphatic carbocycles. The van der Waals surface area contributed by atoms with Crippen molar-refractivity contribution in [2.24, 2.45) is 5.73 Å². The van der Waals surface area contributed by atoms with E-state index in [2.05, 4.69) is 0 Å². The maximum absolute atomic E-state index is 12.4. The van der Waals surface area contributed by atoms with Crippen LogP contribution in [-0.2, 0) is 14.3 Å². The molecule has 21 heavy (non-hydrogen) atoms. The summed E-state index contributed by atoms with van der Waals surface area (Å²) in [7, 11) is 1.50. The summed E-state index contributed by atoms with van der Waals surface area (Å²) in [6.45, 7) is 2.14. The van der Waals surface area contributed by atoms with Gasteiger partial charge in [0.25, 0.3) is 0 Å². The van der Waals surface area contributed by atoms with Gasteiger partial charge in [0.2, 0.25) is 11.8 Å². The fraction of sp³-hybridized carbons (Fsp3) is 0.467. The van der Waals surface area contributed by atoms with Crippen LogP contribution in [0.25, 0.3) is 0 Å². The third kappa shape index (κ3) is 3.80. The second-order valence-corrected chi connectivity index (χ2v) is 5.03. The number of rotatable bonds is 4. The number of hydrogen-bond donors (Lipinski definition) is 1. The first kappa shape index (κ1) is 15.5. The van der Waals surface area contributed by atoms with Crippen LogP contribution in [0.5, 0.6) is 0 Å². The van der Waals surface area contributed by atoms with Gasteiger partial charge in [-0.05, 0) is 5.56 Å². The minimum Gasteiger partial charge on any atom is -0.375 e. The predicted octanol–water partition coefficient (Wildman–Crippen LogP) is 0.00360. The van der Waals surface area contributed by atoms with E-state index in [4.69, 9.17) is 10.5 Å². The number of carbonyl (C=O) groups is 2. The molecule has 0 bridgehead atoms. The third-order valence-corrected chi connectivity index (χ3v) is 3.64. The zero-order valence-electron chi connectivity index (χ0n) is 12.2. The molecule has 1 saturated heterocycles. The first-order chi connectivity index (χ1) is 10.1. The monoisotopic (exact) mass is 291 g/mol. The minimum absolute atomic E-state index is 0.0445. The topological polar surface area (TPSA) is 75.9 Å². The molecule has 0 aromatic heterocycles. The van der Waals surface area contributed by atoms with Crippen LogP contribution in [0.4, 0.5) is 0 Å². The molecule has 2 rings (SSSR count). The summed E-state index contributed by atoms with van der Waals surface area (Å²) in [5.41, 5.74) is 6.83. The molecule has 1 fully saturated rings. The van der Waals surface area contributed by atoms with Gasteiger partial charge in [-0.2, -0.15) is 0 Å². The number of benzene rings is 1. The molecule has 1 aliphatic rings. The smallest absolute Gasteiger partial charge is 0.248 e. The highest BCUT2D eigenvalue weighted by molar-refractivity contribution is 5.83. The van der Waals surface area contributed by atoms with Crippen LogP contribution in [0.2, 0.25) is 0 Å². The largest absolute Gasteiger partial charge is 0.375 e. The lowest BCUT2D eigenvalue weighted by Gasteiger charge is -2.35. The van der Waals surface area contributed by atoms with E-state index in [-0.39, 0.29) is 18.4 Å². The Kier molecular flexibility index (Phi) is 5.30. The van der Waals surface area contributed by atoms with E-state index in [1.165, 1.54) is 7.11 Å². The summed E-state index contributed by atoms with van der Waals surface area (Å²) in [6.07, 6.45) is 0. The summed E-state index contributed by atoms with van der Waals surface area (Å²) in [5.74, 6) is -0.142. The Labute approximate surface area is 124 Å². The molecule has 6 heteroatoms. The molecule has 6 nitrogen and oxygen atoms in total. The van der Waals surface area contributed by atoms with Crippen molar-refractivity contribution in [2.45, 2.75) is 6.04 Å². The SMILES string of the molecule is COCC(=O)N1CCN(C(=O)C(N)c2ccccc2)CC1. The van der Waals surface area contributed by atoms with Crippen molar-refractivity contribution in [1.29, 1.82) is 0 Å². The predicted molar refractivity (Wildman–Crippen MR) is 78.4 cm³/mol. The van der Waals surface area contributed by atoms with Crippen LogP contribution in [0.15, 0.2) is 30.3 Å². The number of nitrogens with zero attached hydrogens (tertiary/aromatic N) is 2. The molecule has 0 spiro atoms. The number of nitrogens with two attached hydrogens (primary N) is 1. The Hall–Kier alpha value is -1.92. The van der Waals surface area contributed by atoms with Crippen molar-refractivity contribution >= 4 is 11.8 Å². The van der Waals surface area contributed by atoms with E-state index in [1.54, 1.807) is 9.80 Å². The molecule has 2 amide bonds. The first-order valence-corrected chi connectivity index (χ1v) is 6.99.